The van der Waals surface area contributed by atoms with Gasteiger partial charge in [-0.3, -0.25) is 9.48 Å². The lowest BCUT2D eigenvalue weighted by atomic mass is 10.0. The van der Waals surface area contributed by atoms with Gasteiger partial charge in [0.1, 0.15) is 5.75 Å². The Balaban J connectivity index is 1.21. The van der Waals surface area contributed by atoms with Gasteiger partial charge in [-0.05, 0) is 40.6 Å². The monoisotopic (exact) mass is 457 g/mol. The maximum absolute atomic E-state index is 12.6. The van der Waals surface area contributed by atoms with E-state index in [9.17, 15) is 4.79 Å². The van der Waals surface area contributed by atoms with Crippen molar-refractivity contribution in [1.29, 1.82) is 0 Å². The average molecular weight is 458 g/mol. The zero-order chi connectivity index (χ0) is 22.6. The fraction of sp³-hybridized carbons (Fsp3) is 0.0800. The number of halogens is 1. The number of hydrogen-bond donors (Lipinski definition) is 1. The van der Waals surface area contributed by atoms with E-state index in [1.165, 1.54) is 15.5 Å². The van der Waals surface area contributed by atoms with Crippen molar-refractivity contribution in [2.75, 3.05) is 5.32 Å². The minimum Gasteiger partial charge on any atom is -0.471 e. The first-order chi connectivity index (χ1) is 16.1. The van der Waals surface area contributed by atoms with Crippen molar-refractivity contribution in [3.05, 3.63) is 108 Å². The van der Waals surface area contributed by atoms with Crippen molar-refractivity contribution in [1.82, 2.24) is 19.6 Å². The van der Waals surface area contributed by atoms with Crippen LogP contribution < -0.4 is 10.1 Å². The summed E-state index contributed by atoms with van der Waals surface area (Å²) in [4.78, 5) is 12.6. The topological polar surface area (TPSA) is 74.0 Å². The molecule has 5 aromatic rings. The molecule has 0 radical (unpaired) electrons. The molecule has 0 aliphatic heterocycles. The Morgan fingerprint density at radius 3 is 2.64 bits per heavy atom. The van der Waals surface area contributed by atoms with E-state index in [0.29, 0.717) is 23.1 Å². The van der Waals surface area contributed by atoms with E-state index >= 15 is 0 Å². The number of carbonyl (C=O) groups is 1. The highest BCUT2D eigenvalue weighted by molar-refractivity contribution is 6.30. The largest absolute Gasteiger partial charge is 0.471 e. The molecule has 1 amide bonds. The minimum atomic E-state index is -0.341. The number of rotatable bonds is 7. The standard InChI is InChI=1S/C25H20ClN5O2/c26-20-8-4-9-21(15-20)33-17-31-13-11-23(28-31)25(32)27-24-12-14-30(29-24)16-19-7-3-6-18-5-1-2-10-22(18)19/h1-15H,16-17H2,(H,27,29,32). The number of aromatic nitrogens is 4. The first kappa shape index (κ1) is 20.8. The second-order valence-electron chi connectivity index (χ2n) is 7.46. The second-order valence-corrected chi connectivity index (χ2v) is 7.90. The van der Waals surface area contributed by atoms with Crippen LogP contribution in [0.25, 0.3) is 10.8 Å². The third-order valence-corrected chi connectivity index (χ3v) is 5.36. The minimum absolute atomic E-state index is 0.160. The number of nitrogens with zero attached hydrogens (tertiary/aromatic N) is 4. The third-order valence-electron chi connectivity index (χ3n) is 5.13. The van der Waals surface area contributed by atoms with Gasteiger partial charge in [-0.2, -0.15) is 10.2 Å². The maximum atomic E-state index is 12.6. The molecule has 33 heavy (non-hydrogen) atoms. The fourth-order valence-corrected chi connectivity index (χ4v) is 3.73. The molecule has 0 spiro atoms. The summed E-state index contributed by atoms with van der Waals surface area (Å²) in [6.45, 7) is 0.764. The lowest BCUT2D eigenvalue weighted by Crippen LogP contribution is -2.15. The molecule has 8 heteroatoms. The van der Waals surface area contributed by atoms with Crippen LogP contribution in [0.3, 0.4) is 0 Å². The summed E-state index contributed by atoms with van der Waals surface area (Å²) in [5, 5.41) is 14.5. The number of fused-ring (bicyclic) bond motifs is 1. The molecule has 164 valence electrons. The van der Waals surface area contributed by atoms with Gasteiger partial charge in [-0.25, -0.2) is 4.68 Å². The van der Waals surface area contributed by atoms with Crippen LogP contribution in [0.5, 0.6) is 5.75 Å². The van der Waals surface area contributed by atoms with E-state index in [0.717, 1.165) is 5.56 Å². The van der Waals surface area contributed by atoms with Gasteiger partial charge in [0.2, 0.25) is 0 Å². The molecule has 3 aromatic carbocycles. The van der Waals surface area contributed by atoms with Gasteiger partial charge in [0.15, 0.2) is 18.2 Å². The van der Waals surface area contributed by atoms with Crippen LogP contribution in [-0.4, -0.2) is 25.5 Å². The summed E-state index contributed by atoms with van der Waals surface area (Å²) in [7, 11) is 0. The van der Waals surface area contributed by atoms with Gasteiger partial charge in [0, 0.05) is 23.5 Å². The van der Waals surface area contributed by atoms with Crippen LogP contribution in [0.4, 0.5) is 5.82 Å². The van der Waals surface area contributed by atoms with Crippen molar-refractivity contribution < 1.29 is 9.53 Å². The summed E-state index contributed by atoms with van der Waals surface area (Å²) in [6.07, 6.45) is 3.52. The van der Waals surface area contributed by atoms with Crippen LogP contribution in [-0.2, 0) is 13.3 Å². The van der Waals surface area contributed by atoms with Gasteiger partial charge >= 0.3 is 0 Å². The molecule has 0 saturated heterocycles. The number of ether oxygens (including phenoxy) is 1. The molecule has 0 bridgehead atoms. The quantitative estimate of drug-likeness (QED) is 0.363. The summed E-state index contributed by atoms with van der Waals surface area (Å²) in [5.41, 5.74) is 1.43. The predicted molar refractivity (Wildman–Crippen MR) is 128 cm³/mol. The summed E-state index contributed by atoms with van der Waals surface area (Å²) < 4.78 is 8.98. The van der Waals surface area contributed by atoms with Gasteiger partial charge in [-0.15, -0.1) is 0 Å². The highest BCUT2D eigenvalue weighted by Crippen LogP contribution is 2.20. The Bertz CT molecular complexity index is 1420. The Kier molecular flexibility index (Phi) is 5.78. The van der Waals surface area contributed by atoms with Crippen molar-refractivity contribution in [3.63, 3.8) is 0 Å². The van der Waals surface area contributed by atoms with Crippen molar-refractivity contribution in [3.8, 4) is 5.75 Å². The number of benzene rings is 3. The van der Waals surface area contributed by atoms with Crippen molar-refractivity contribution in [2.24, 2.45) is 0 Å². The zero-order valence-electron chi connectivity index (χ0n) is 17.6. The van der Waals surface area contributed by atoms with E-state index < -0.39 is 0 Å². The van der Waals surface area contributed by atoms with Crippen LogP contribution >= 0.6 is 11.6 Å². The molecule has 0 saturated carbocycles. The molecule has 0 fully saturated rings. The summed E-state index contributed by atoms with van der Waals surface area (Å²) in [5.74, 6) is 0.748. The molecule has 0 atom stereocenters. The summed E-state index contributed by atoms with van der Waals surface area (Å²) in [6, 6.07) is 24.9. The van der Waals surface area contributed by atoms with E-state index in [1.807, 2.05) is 24.4 Å². The van der Waals surface area contributed by atoms with Crippen LogP contribution in [0.2, 0.25) is 5.02 Å². The van der Waals surface area contributed by atoms with Crippen LogP contribution in [0.1, 0.15) is 16.1 Å². The number of nitrogens with one attached hydrogen (secondary N) is 1. The molecule has 0 unspecified atom stereocenters. The SMILES string of the molecule is O=C(Nc1ccn(Cc2cccc3ccccc23)n1)c1ccn(COc2cccc(Cl)c2)n1. The highest BCUT2D eigenvalue weighted by Gasteiger charge is 2.12. The first-order valence-corrected chi connectivity index (χ1v) is 10.8. The zero-order valence-corrected chi connectivity index (χ0v) is 18.3. The Hall–Kier alpha value is -4.10. The highest BCUT2D eigenvalue weighted by atomic mass is 35.5. The first-order valence-electron chi connectivity index (χ1n) is 10.4. The molecule has 5 rings (SSSR count). The number of amides is 1. The molecule has 7 nitrogen and oxygen atoms in total. The predicted octanol–water partition coefficient (Wildman–Crippen LogP) is 5.22. The normalized spacial score (nSPS) is 10.9. The molecular formula is C25H20ClN5O2. The Morgan fingerprint density at radius 2 is 1.73 bits per heavy atom. The molecule has 2 heterocycles. The maximum Gasteiger partial charge on any atom is 0.277 e. The molecular weight excluding hydrogens is 438 g/mol. The van der Waals surface area contributed by atoms with E-state index in [2.05, 4.69) is 39.8 Å². The lowest BCUT2D eigenvalue weighted by Gasteiger charge is -2.07. The van der Waals surface area contributed by atoms with Crippen molar-refractivity contribution in [2.45, 2.75) is 13.3 Å². The second kappa shape index (κ2) is 9.18. The van der Waals surface area contributed by atoms with Crippen LogP contribution in [0, 0.1) is 0 Å². The van der Waals surface area contributed by atoms with Gasteiger partial charge < -0.3 is 10.1 Å². The lowest BCUT2D eigenvalue weighted by molar-refractivity contribution is 0.101. The van der Waals surface area contributed by atoms with E-state index in [-0.39, 0.29) is 18.3 Å². The molecule has 0 aliphatic rings. The summed E-state index contributed by atoms with van der Waals surface area (Å²) >= 11 is 5.96. The molecule has 0 aliphatic carbocycles. The third kappa shape index (κ3) is 4.88. The van der Waals surface area contributed by atoms with E-state index in [1.54, 1.807) is 47.3 Å². The van der Waals surface area contributed by atoms with E-state index in [4.69, 9.17) is 16.3 Å². The average Bonchev–Trinajstić information content (AvgIpc) is 3.48. The van der Waals surface area contributed by atoms with Crippen molar-refractivity contribution >= 4 is 34.1 Å². The van der Waals surface area contributed by atoms with Gasteiger partial charge in [0.25, 0.3) is 5.91 Å². The van der Waals surface area contributed by atoms with Crippen LogP contribution in [0.15, 0.2) is 91.3 Å². The molecule has 1 N–H and O–H groups in total. The van der Waals surface area contributed by atoms with Gasteiger partial charge in [0.05, 0.1) is 6.54 Å². The number of hydrogen-bond acceptors (Lipinski definition) is 4. The molecule has 2 aromatic heterocycles. The Morgan fingerprint density at radius 1 is 0.909 bits per heavy atom. The fourth-order valence-electron chi connectivity index (χ4n) is 3.55. The Labute approximate surface area is 195 Å². The smallest absolute Gasteiger partial charge is 0.277 e. The number of anilines is 1. The number of carbonyl (C=O) groups excluding carboxylic acids is 1. The van der Waals surface area contributed by atoms with Gasteiger partial charge in [-0.1, -0.05) is 60.1 Å².